The molecule has 42 heavy (non-hydrogen) atoms. The Labute approximate surface area is 241 Å². The molecule has 0 bridgehead atoms. The molecule has 0 spiro atoms. The van der Waals surface area contributed by atoms with Gasteiger partial charge in [-0.1, -0.05) is 48.5 Å². The molecule has 0 radical (unpaired) electrons. The number of esters is 1. The Kier molecular flexibility index (Phi) is 7.93. The zero-order valence-corrected chi connectivity index (χ0v) is 22.3. The minimum atomic E-state index is -1.03. The van der Waals surface area contributed by atoms with E-state index in [1.165, 1.54) is 30.3 Å². The summed E-state index contributed by atoms with van der Waals surface area (Å²) in [4.78, 5) is 59.7. The summed E-state index contributed by atoms with van der Waals surface area (Å²) in [6.45, 7) is 0.184. The summed E-state index contributed by atoms with van der Waals surface area (Å²) < 4.78 is 11.1. The fraction of sp³-hybridized carbons (Fsp3) is 0.0690. The van der Waals surface area contributed by atoms with Gasteiger partial charge in [-0.15, -0.1) is 0 Å². The van der Waals surface area contributed by atoms with Crippen LogP contribution in [0.1, 0.15) is 15.9 Å². The summed E-state index contributed by atoms with van der Waals surface area (Å²) in [5, 5.41) is 23.7. The molecule has 4 aromatic carbocycles. The van der Waals surface area contributed by atoms with Crippen LogP contribution in [0.2, 0.25) is 0 Å². The van der Waals surface area contributed by atoms with E-state index >= 15 is 0 Å². The van der Waals surface area contributed by atoms with Gasteiger partial charge in [0.25, 0.3) is 22.5 Å². The van der Waals surface area contributed by atoms with Crippen LogP contribution in [0.4, 0.5) is 16.2 Å². The van der Waals surface area contributed by atoms with Crippen LogP contribution in [0.3, 0.4) is 0 Å². The Morgan fingerprint density at radius 1 is 0.881 bits per heavy atom. The highest BCUT2D eigenvalue weighted by atomic mass is 32.2. The standard InChI is InChI=1S/C29H19N3O9S/c33-27-26(42-29(35)30(27)12-13-40-25-7-3-5-19-4-1-2-6-24(19)25)14-18-8-10-23(11-9-18)41-28(34)20-15-21(31(36)37)17-22(16-20)32(38)39/h1-11,14-17H,12-13H2/b26-14-. The molecule has 1 fully saturated rings. The van der Waals surface area contributed by atoms with Gasteiger partial charge in [0.05, 0.1) is 32.9 Å². The molecule has 12 nitrogen and oxygen atoms in total. The fourth-order valence-corrected chi connectivity index (χ4v) is 5.00. The monoisotopic (exact) mass is 585 g/mol. The van der Waals surface area contributed by atoms with Crippen molar-refractivity contribution in [2.75, 3.05) is 13.2 Å². The molecular formula is C29H19N3O9S. The molecule has 0 saturated carbocycles. The second kappa shape index (κ2) is 11.9. The van der Waals surface area contributed by atoms with Crippen LogP contribution in [0.5, 0.6) is 11.5 Å². The van der Waals surface area contributed by atoms with E-state index in [0.29, 0.717) is 11.3 Å². The van der Waals surface area contributed by atoms with Crippen molar-refractivity contribution in [1.82, 2.24) is 4.90 Å². The Bertz CT molecular complexity index is 1750. The lowest BCUT2D eigenvalue weighted by Gasteiger charge is -2.14. The number of non-ortho nitro benzene ring substituents is 2. The number of imide groups is 1. The summed E-state index contributed by atoms with van der Waals surface area (Å²) in [5.74, 6) is -0.777. The Hall–Kier alpha value is -5.56. The van der Waals surface area contributed by atoms with E-state index in [0.717, 1.165) is 45.6 Å². The predicted octanol–water partition coefficient (Wildman–Crippen LogP) is 5.99. The molecule has 1 aliphatic rings. The number of ether oxygens (including phenoxy) is 2. The van der Waals surface area contributed by atoms with Crippen LogP contribution >= 0.6 is 11.8 Å². The Morgan fingerprint density at radius 3 is 2.24 bits per heavy atom. The maximum atomic E-state index is 12.9. The van der Waals surface area contributed by atoms with Crippen LogP contribution < -0.4 is 9.47 Å². The number of rotatable bonds is 9. The first-order chi connectivity index (χ1) is 20.2. The highest BCUT2D eigenvalue weighted by Gasteiger charge is 2.34. The van der Waals surface area contributed by atoms with Crippen molar-refractivity contribution in [2.45, 2.75) is 0 Å². The third kappa shape index (κ3) is 6.10. The van der Waals surface area contributed by atoms with Crippen molar-refractivity contribution in [3.63, 3.8) is 0 Å². The predicted molar refractivity (Wildman–Crippen MR) is 153 cm³/mol. The number of fused-ring (bicyclic) bond motifs is 1. The van der Waals surface area contributed by atoms with Gasteiger partial charge in [-0.05, 0) is 47.0 Å². The van der Waals surface area contributed by atoms with Gasteiger partial charge in [0.15, 0.2) is 0 Å². The number of hydrogen-bond donors (Lipinski definition) is 0. The van der Waals surface area contributed by atoms with E-state index in [1.54, 1.807) is 0 Å². The highest BCUT2D eigenvalue weighted by Crippen LogP contribution is 2.33. The number of carbonyl (C=O) groups excluding carboxylic acids is 3. The molecule has 0 atom stereocenters. The number of hydrogen-bond acceptors (Lipinski definition) is 10. The van der Waals surface area contributed by atoms with Gasteiger partial charge in [-0.25, -0.2) is 4.79 Å². The molecule has 1 aliphatic heterocycles. The Balaban J connectivity index is 1.22. The van der Waals surface area contributed by atoms with Gasteiger partial charge in [0.2, 0.25) is 0 Å². The van der Waals surface area contributed by atoms with E-state index in [4.69, 9.17) is 9.47 Å². The molecule has 0 N–H and O–H groups in total. The van der Waals surface area contributed by atoms with E-state index in [2.05, 4.69) is 0 Å². The molecule has 0 aliphatic carbocycles. The van der Waals surface area contributed by atoms with Crippen LogP contribution in [-0.4, -0.2) is 45.0 Å². The molecule has 2 amide bonds. The number of nitro groups is 2. The number of thioether (sulfide) groups is 1. The first kappa shape index (κ1) is 28.0. The average molecular weight is 586 g/mol. The summed E-state index contributed by atoms with van der Waals surface area (Å²) in [7, 11) is 0. The third-order valence-corrected chi connectivity index (χ3v) is 7.05. The lowest BCUT2D eigenvalue weighted by Crippen LogP contribution is -2.32. The van der Waals surface area contributed by atoms with Crippen molar-refractivity contribution >= 4 is 57.1 Å². The molecule has 1 heterocycles. The zero-order valence-electron chi connectivity index (χ0n) is 21.5. The second-order valence-electron chi connectivity index (χ2n) is 8.87. The third-order valence-electron chi connectivity index (χ3n) is 6.14. The molecule has 0 aromatic heterocycles. The molecule has 4 aromatic rings. The molecule has 13 heteroatoms. The fourth-order valence-electron chi connectivity index (χ4n) is 4.13. The lowest BCUT2D eigenvalue weighted by molar-refractivity contribution is -0.394. The summed E-state index contributed by atoms with van der Waals surface area (Å²) in [5.41, 5.74) is -1.07. The number of amides is 2. The normalized spacial score (nSPS) is 13.9. The number of nitrogens with zero attached hydrogens (tertiary/aromatic N) is 3. The summed E-state index contributed by atoms with van der Waals surface area (Å²) in [6.07, 6.45) is 1.52. The SMILES string of the molecule is O=C(Oc1ccc(/C=C2\SC(=O)N(CCOc3cccc4ccccc34)C2=O)cc1)c1cc([N+](=O)[O-])cc([N+](=O)[O-])c1. The summed E-state index contributed by atoms with van der Waals surface area (Å²) in [6, 6.07) is 21.8. The van der Waals surface area contributed by atoms with Crippen LogP contribution in [0.15, 0.2) is 89.8 Å². The van der Waals surface area contributed by atoms with E-state index in [1.807, 2.05) is 42.5 Å². The summed E-state index contributed by atoms with van der Waals surface area (Å²) >= 11 is 0.792. The van der Waals surface area contributed by atoms with Gasteiger partial charge >= 0.3 is 5.97 Å². The topological polar surface area (TPSA) is 159 Å². The molecule has 0 unspecified atom stereocenters. The highest BCUT2D eigenvalue weighted by molar-refractivity contribution is 8.18. The van der Waals surface area contributed by atoms with Crippen molar-refractivity contribution in [3.8, 4) is 11.5 Å². The molecular weight excluding hydrogens is 566 g/mol. The quantitative estimate of drug-likeness (QED) is 0.0750. The van der Waals surface area contributed by atoms with Crippen molar-refractivity contribution in [2.24, 2.45) is 0 Å². The number of benzene rings is 4. The first-order valence-electron chi connectivity index (χ1n) is 12.3. The van der Waals surface area contributed by atoms with Crippen molar-refractivity contribution in [1.29, 1.82) is 0 Å². The molecule has 5 rings (SSSR count). The van der Waals surface area contributed by atoms with E-state index < -0.39 is 38.3 Å². The average Bonchev–Trinajstić information content (AvgIpc) is 3.25. The van der Waals surface area contributed by atoms with Crippen molar-refractivity contribution < 1.29 is 33.7 Å². The van der Waals surface area contributed by atoms with Gasteiger partial charge in [-0.3, -0.25) is 34.7 Å². The van der Waals surface area contributed by atoms with Gasteiger partial charge in [0.1, 0.15) is 18.1 Å². The van der Waals surface area contributed by atoms with Gasteiger partial charge in [-0.2, -0.15) is 0 Å². The van der Waals surface area contributed by atoms with Gasteiger partial charge < -0.3 is 9.47 Å². The lowest BCUT2D eigenvalue weighted by atomic mass is 10.1. The first-order valence-corrected chi connectivity index (χ1v) is 13.1. The Morgan fingerprint density at radius 2 is 1.55 bits per heavy atom. The number of nitro benzene ring substituents is 2. The maximum Gasteiger partial charge on any atom is 0.344 e. The largest absolute Gasteiger partial charge is 0.491 e. The second-order valence-corrected chi connectivity index (χ2v) is 9.86. The van der Waals surface area contributed by atoms with Gasteiger partial charge in [0, 0.05) is 17.5 Å². The minimum absolute atomic E-state index is 0.0602. The van der Waals surface area contributed by atoms with Crippen LogP contribution in [0.25, 0.3) is 16.8 Å². The van der Waals surface area contributed by atoms with E-state index in [9.17, 15) is 34.6 Å². The maximum absolute atomic E-state index is 12.9. The zero-order chi connectivity index (χ0) is 29.8. The molecule has 210 valence electrons. The van der Waals surface area contributed by atoms with Crippen molar-refractivity contribution in [3.05, 3.63) is 121 Å². The smallest absolute Gasteiger partial charge is 0.344 e. The minimum Gasteiger partial charge on any atom is -0.491 e. The van der Waals surface area contributed by atoms with Crippen LogP contribution in [0, 0.1) is 20.2 Å². The molecule has 1 saturated heterocycles. The van der Waals surface area contributed by atoms with Crippen LogP contribution in [-0.2, 0) is 4.79 Å². The van der Waals surface area contributed by atoms with E-state index in [-0.39, 0.29) is 29.4 Å². The number of carbonyl (C=O) groups is 3.